The fourth-order valence-corrected chi connectivity index (χ4v) is 3.31. The Kier molecular flexibility index (Phi) is 3.67. The highest BCUT2D eigenvalue weighted by Crippen LogP contribution is 2.44. The number of carboxylic acids is 1. The fourth-order valence-electron chi connectivity index (χ4n) is 3.31. The number of aliphatic carboxylic acids is 1. The Morgan fingerprint density at radius 3 is 2.62 bits per heavy atom. The Hall–Kier alpha value is -2.02. The van der Waals surface area contributed by atoms with Gasteiger partial charge in [-0.15, -0.1) is 0 Å². The van der Waals surface area contributed by atoms with Gasteiger partial charge < -0.3 is 24.8 Å². The molecule has 3 aliphatic rings. The maximum Gasteiger partial charge on any atom is 0.410 e. The Balaban J connectivity index is 1.72. The first kappa shape index (κ1) is 16.8. The van der Waals surface area contributed by atoms with E-state index in [0.717, 1.165) is 11.1 Å². The third-order valence-corrected chi connectivity index (χ3v) is 4.72. The minimum atomic E-state index is -1.08. The summed E-state index contributed by atoms with van der Waals surface area (Å²) in [6.07, 6.45) is 3.57. The van der Waals surface area contributed by atoms with Crippen LogP contribution in [0.1, 0.15) is 34.1 Å². The molecule has 0 aliphatic carbocycles. The summed E-state index contributed by atoms with van der Waals surface area (Å²) in [6, 6.07) is 0. The highest BCUT2D eigenvalue weighted by molar-refractivity contribution is 5.83. The van der Waals surface area contributed by atoms with Crippen LogP contribution in [0.2, 0.25) is 0 Å². The Morgan fingerprint density at radius 1 is 1.42 bits per heavy atom. The third kappa shape index (κ3) is 2.56. The summed E-state index contributed by atoms with van der Waals surface area (Å²) in [7, 11) is 0. The number of hydrogen-bond acceptors (Lipinski definition) is 5. The van der Waals surface area contributed by atoms with Crippen LogP contribution >= 0.6 is 0 Å². The Labute approximate surface area is 141 Å². The molecule has 7 heteroatoms. The normalized spacial score (nSPS) is 27.6. The molecule has 2 fully saturated rings. The van der Waals surface area contributed by atoms with Gasteiger partial charge in [0.1, 0.15) is 11.2 Å². The number of amides is 1. The predicted octanol–water partition coefficient (Wildman–Crippen LogP) is 1.65. The lowest BCUT2D eigenvalue weighted by Crippen LogP contribution is -2.65. The molecule has 1 unspecified atom stereocenters. The zero-order valence-electron chi connectivity index (χ0n) is 14.5. The van der Waals surface area contributed by atoms with Crippen LogP contribution in [0.3, 0.4) is 0 Å². The van der Waals surface area contributed by atoms with Gasteiger partial charge in [-0.3, -0.25) is 0 Å². The van der Waals surface area contributed by atoms with Crippen molar-refractivity contribution in [3.05, 3.63) is 23.4 Å². The summed E-state index contributed by atoms with van der Waals surface area (Å²) in [5, 5.41) is 12.5. The molecule has 1 spiro atoms. The van der Waals surface area contributed by atoms with Crippen LogP contribution in [-0.2, 0) is 14.3 Å². The minimum Gasteiger partial charge on any atom is -0.479 e. The zero-order valence-corrected chi connectivity index (χ0v) is 14.5. The van der Waals surface area contributed by atoms with Crippen molar-refractivity contribution in [1.29, 1.82) is 0 Å². The number of ether oxygens (including phenoxy) is 2. The number of nitrogens with zero attached hydrogens (tertiary/aromatic N) is 1. The standard InChI is InChI=1S/C17H24N2O5/c1-5-16(13(20)21)6-11-8-23-17(12(11)7-18-16)9-19(10-17)14(22)24-15(2,3)4/h6-7,18H,5,8-10H2,1-4H3,(H,20,21). The molecule has 0 aromatic heterocycles. The minimum absolute atomic E-state index is 0.355. The lowest BCUT2D eigenvalue weighted by Gasteiger charge is -2.48. The number of carbonyl (C=O) groups excluding carboxylic acids is 1. The van der Waals surface area contributed by atoms with Crippen molar-refractivity contribution in [2.45, 2.75) is 50.9 Å². The van der Waals surface area contributed by atoms with Gasteiger partial charge in [0.15, 0.2) is 5.54 Å². The first-order chi connectivity index (χ1) is 11.1. The maximum absolute atomic E-state index is 12.1. The van der Waals surface area contributed by atoms with Crippen LogP contribution in [0.4, 0.5) is 4.79 Å². The van der Waals surface area contributed by atoms with E-state index in [9.17, 15) is 14.7 Å². The number of rotatable bonds is 2. The molecule has 7 nitrogen and oxygen atoms in total. The molecule has 3 aliphatic heterocycles. The second-order valence-corrected chi connectivity index (χ2v) is 7.62. The molecule has 1 amide bonds. The van der Waals surface area contributed by atoms with Gasteiger partial charge in [0.2, 0.25) is 0 Å². The molecule has 3 rings (SSSR count). The van der Waals surface area contributed by atoms with Gasteiger partial charge in [-0.25, -0.2) is 9.59 Å². The summed E-state index contributed by atoms with van der Waals surface area (Å²) < 4.78 is 11.3. The van der Waals surface area contributed by atoms with Crippen LogP contribution in [0, 0.1) is 0 Å². The topological polar surface area (TPSA) is 88.1 Å². The van der Waals surface area contributed by atoms with E-state index in [0.29, 0.717) is 26.1 Å². The van der Waals surface area contributed by atoms with Gasteiger partial charge in [-0.1, -0.05) is 6.92 Å². The summed E-state index contributed by atoms with van der Waals surface area (Å²) in [5.41, 5.74) is -0.333. The van der Waals surface area contributed by atoms with Crippen molar-refractivity contribution in [3.63, 3.8) is 0 Å². The van der Waals surface area contributed by atoms with Crippen molar-refractivity contribution in [3.8, 4) is 0 Å². The Bertz CT molecular complexity index is 640. The van der Waals surface area contributed by atoms with E-state index in [1.54, 1.807) is 17.2 Å². The molecule has 0 saturated carbocycles. The molecule has 2 saturated heterocycles. The van der Waals surface area contributed by atoms with E-state index < -0.39 is 22.7 Å². The molecule has 132 valence electrons. The van der Waals surface area contributed by atoms with Crippen molar-refractivity contribution in [2.75, 3.05) is 19.7 Å². The summed E-state index contributed by atoms with van der Waals surface area (Å²) in [5.74, 6) is -0.905. The maximum atomic E-state index is 12.1. The third-order valence-electron chi connectivity index (χ3n) is 4.72. The van der Waals surface area contributed by atoms with Gasteiger partial charge in [-0.2, -0.15) is 0 Å². The van der Waals surface area contributed by atoms with Crippen molar-refractivity contribution in [2.24, 2.45) is 0 Å². The predicted molar refractivity (Wildman–Crippen MR) is 86.4 cm³/mol. The second kappa shape index (κ2) is 5.24. The molecule has 0 aromatic carbocycles. The smallest absolute Gasteiger partial charge is 0.410 e. The lowest BCUT2D eigenvalue weighted by atomic mass is 9.80. The first-order valence-electron chi connectivity index (χ1n) is 8.16. The molecule has 2 N–H and O–H groups in total. The molecule has 0 bridgehead atoms. The van der Waals surface area contributed by atoms with Crippen molar-refractivity contribution >= 4 is 12.1 Å². The van der Waals surface area contributed by atoms with E-state index in [2.05, 4.69) is 5.32 Å². The van der Waals surface area contributed by atoms with Crippen molar-refractivity contribution < 1.29 is 24.2 Å². The monoisotopic (exact) mass is 336 g/mol. The molecule has 0 radical (unpaired) electrons. The van der Waals surface area contributed by atoms with Crippen LogP contribution in [-0.4, -0.2) is 58.5 Å². The lowest BCUT2D eigenvalue weighted by molar-refractivity contribution is -0.142. The van der Waals surface area contributed by atoms with Gasteiger partial charge in [0.05, 0.1) is 19.7 Å². The SMILES string of the molecule is CCC1(C(=O)O)C=C2COC3(CN(C(=O)OC(C)(C)C)C3)C2=CN1. The number of carbonyl (C=O) groups is 2. The largest absolute Gasteiger partial charge is 0.479 e. The van der Waals surface area contributed by atoms with Gasteiger partial charge in [0, 0.05) is 11.8 Å². The van der Waals surface area contributed by atoms with E-state index in [1.165, 1.54) is 0 Å². The quantitative estimate of drug-likeness (QED) is 0.797. The molecule has 0 aromatic rings. The van der Waals surface area contributed by atoms with E-state index >= 15 is 0 Å². The number of carboxylic acid groups (broad SMARTS) is 1. The number of fused-ring (bicyclic) bond motifs is 2. The summed E-state index contributed by atoms with van der Waals surface area (Å²) in [6.45, 7) is 8.52. The van der Waals surface area contributed by atoms with E-state index in [4.69, 9.17) is 9.47 Å². The molecule has 1 atom stereocenters. The fraction of sp³-hybridized carbons (Fsp3) is 0.647. The molecular weight excluding hydrogens is 312 g/mol. The number of hydrogen-bond donors (Lipinski definition) is 2. The van der Waals surface area contributed by atoms with E-state index in [-0.39, 0.29) is 6.09 Å². The average molecular weight is 336 g/mol. The number of nitrogens with one attached hydrogen (secondary N) is 1. The zero-order chi connectivity index (χ0) is 17.8. The highest BCUT2D eigenvalue weighted by Gasteiger charge is 2.56. The first-order valence-corrected chi connectivity index (χ1v) is 8.16. The number of dihydropyridines is 1. The van der Waals surface area contributed by atoms with Crippen LogP contribution < -0.4 is 5.32 Å². The Morgan fingerprint density at radius 2 is 2.08 bits per heavy atom. The van der Waals surface area contributed by atoms with Crippen LogP contribution in [0.25, 0.3) is 0 Å². The van der Waals surface area contributed by atoms with Crippen molar-refractivity contribution in [1.82, 2.24) is 10.2 Å². The van der Waals surface area contributed by atoms with Gasteiger partial charge >= 0.3 is 12.1 Å². The average Bonchev–Trinajstić information content (AvgIpc) is 2.81. The van der Waals surface area contributed by atoms with Gasteiger partial charge in [-0.05, 0) is 38.8 Å². The summed E-state index contributed by atoms with van der Waals surface area (Å²) >= 11 is 0. The van der Waals surface area contributed by atoms with E-state index in [1.807, 2.05) is 27.7 Å². The van der Waals surface area contributed by atoms with Gasteiger partial charge in [0.25, 0.3) is 0 Å². The molecular formula is C17H24N2O5. The second-order valence-electron chi connectivity index (χ2n) is 7.62. The molecule has 3 heterocycles. The van der Waals surface area contributed by atoms with Crippen LogP contribution in [0.5, 0.6) is 0 Å². The highest BCUT2D eigenvalue weighted by atomic mass is 16.6. The van der Waals surface area contributed by atoms with Crippen LogP contribution in [0.15, 0.2) is 23.4 Å². The number of likely N-dealkylation sites (tertiary alicyclic amines) is 1. The summed E-state index contributed by atoms with van der Waals surface area (Å²) in [4.78, 5) is 25.3. The molecule has 24 heavy (non-hydrogen) atoms.